The minimum absolute atomic E-state index is 0.204. The van der Waals surface area contributed by atoms with E-state index in [0.29, 0.717) is 12.1 Å². The summed E-state index contributed by atoms with van der Waals surface area (Å²) in [6.07, 6.45) is 7.21. The first-order valence-corrected chi connectivity index (χ1v) is 6.79. The zero-order valence-electron chi connectivity index (χ0n) is 11.3. The smallest absolute Gasteiger partial charge is 0.0409 e. The Bertz CT molecular complexity index is 484. The standard InChI is InChI=1S/C16H20ClN/c1-5-6-11(2)18-15-14-9-13(17)8-7-12(14)10-16(15,3)4/h1,7-9,11,15,18H,6,10H2,2-4H3. The van der Waals surface area contributed by atoms with E-state index in [-0.39, 0.29) is 5.41 Å². The molecule has 0 spiro atoms. The third kappa shape index (κ3) is 2.55. The fourth-order valence-electron chi connectivity index (χ4n) is 2.84. The monoisotopic (exact) mass is 261 g/mol. The van der Waals surface area contributed by atoms with Crippen LogP contribution in [0.2, 0.25) is 5.02 Å². The molecule has 0 radical (unpaired) electrons. The van der Waals surface area contributed by atoms with Crippen LogP contribution in [0.5, 0.6) is 0 Å². The van der Waals surface area contributed by atoms with Crippen molar-refractivity contribution in [2.75, 3.05) is 0 Å². The molecule has 1 nitrogen and oxygen atoms in total. The van der Waals surface area contributed by atoms with Gasteiger partial charge in [0.1, 0.15) is 0 Å². The number of halogens is 1. The van der Waals surface area contributed by atoms with Gasteiger partial charge in [0, 0.05) is 23.5 Å². The van der Waals surface area contributed by atoms with Crippen LogP contribution in [0.15, 0.2) is 18.2 Å². The number of terminal acetylenes is 1. The zero-order chi connectivity index (χ0) is 13.3. The van der Waals surface area contributed by atoms with Crippen molar-refractivity contribution in [2.24, 2.45) is 5.41 Å². The van der Waals surface area contributed by atoms with Gasteiger partial charge in [-0.2, -0.15) is 0 Å². The van der Waals surface area contributed by atoms with Crippen LogP contribution in [0.25, 0.3) is 0 Å². The van der Waals surface area contributed by atoms with Crippen molar-refractivity contribution in [3.05, 3.63) is 34.3 Å². The van der Waals surface area contributed by atoms with Gasteiger partial charge >= 0.3 is 0 Å². The molecule has 0 saturated heterocycles. The maximum atomic E-state index is 6.12. The molecule has 0 aromatic heterocycles. The average molecular weight is 262 g/mol. The molecule has 0 bridgehead atoms. The van der Waals surface area contributed by atoms with Gasteiger partial charge in [0.2, 0.25) is 0 Å². The van der Waals surface area contributed by atoms with Gasteiger partial charge in [-0.3, -0.25) is 0 Å². The minimum Gasteiger partial charge on any atom is -0.306 e. The normalized spacial score (nSPS) is 22.3. The van der Waals surface area contributed by atoms with Crippen molar-refractivity contribution >= 4 is 11.6 Å². The van der Waals surface area contributed by atoms with Crippen molar-refractivity contribution in [1.82, 2.24) is 5.32 Å². The van der Waals surface area contributed by atoms with Crippen LogP contribution >= 0.6 is 11.6 Å². The fourth-order valence-corrected chi connectivity index (χ4v) is 3.03. The van der Waals surface area contributed by atoms with Crippen molar-refractivity contribution in [1.29, 1.82) is 0 Å². The van der Waals surface area contributed by atoms with Crippen LogP contribution in [0.3, 0.4) is 0 Å². The van der Waals surface area contributed by atoms with Gasteiger partial charge in [-0.1, -0.05) is 31.5 Å². The van der Waals surface area contributed by atoms with E-state index in [9.17, 15) is 0 Å². The lowest BCUT2D eigenvalue weighted by molar-refractivity contribution is 0.252. The van der Waals surface area contributed by atoms with Gasteiger partial charge in [0.25, 0.3) is 0 Å². The van der Waals surface area contributed by atoms with Crippen molar-refractivity contribution in [3.63, 3.8) is 0 Å². The minimum atomic E-state index is 0.204. The summed E-state index contributed by atoms with van der Waals surface area (Å²) in [5, 5.41) is 4.46. The predicted molar refractivity (Wildman–Crippen MR) is 77.7 cm³/mol. The summed E-state index contributed by atoms with van der Waals surface area (Å²) < 4.78 is 0. The SMILES string of the molecule is C#CCC(C)NC1c2cc(Cl)ccc2CC1(C)C. The summed E-state index contributed by atoms with van der Waals surface area (Å²) in [7, 11) is 0. The summed E-state index contributed by atoms with van der Waals surface area (Å²) >= 11 is 6.12. The highest BCUT2D eigenvalue weighted by Crippen LogP contribution is 2.46. The van der Waals surface area contributed by atoms with Crippen LogP contribution < -0.4 is 5.32 Å². The molecule has 2 unspecified atom stereocenters. The second-order valence-electron chi connectivity index (χ2n) is 5.92. The second-order valence-corrected chi connectivity index (χ2v) is 6.35. The lowest BCUT2D eigenvalue weighted by Crippen LogP contribution is -2.36. The molecule has 96 valence electrons. The van der Waals surface area contributed by atoms with Gasteiger partial charge in [-0.25, -0.2) is 0 Å². The number of rotatable bonds is 3. The van der Waals surface area contributed by atoms with E-state index in [4.69, 9.17) is 18.0 Å². The third-order valence-electron chi connectivity index (χ3n) is 3.72. The van der Waals surface area contributed by atoms with Crippen molar-refractivity contribution in [3.8, 4) is 12.3 Å². The van der Waals surface area contributed by atoms with Gasteiger partial charge < -0.3 is 5.32 Å². The number of nitrogens with one attached hydrogen (secondary N) is 1. The maximum Gasteiger partial charge on any atom is 0.0409 e. The molecule has 2 heteroatoms. The lowest BCUT2D eigenvalue weighted by atomic mass is 9.85. The molecule has 0 amide bonds. The summed E-state index contributed by atoms with van der Waals surface area (Å²) in [4.78, 5) is 0. The Kier molecular flexibility index (Phi) is 3.71. The number of hydrogen-bond donors (Lipinski definition) is 1. The highest BCUT2D eigenvalue weighted by Gasteiger charge is 2.39. The highest BCUT2D eigenvalue weighted by molar-refractivity contribution is 6.30. The summed E-state index contributed by atoms with van der Waals surface area (Å²) in [6.45, 7) is 6.72. The van der Waals surface area contributed by atoms with Gasteiger partial charge in [-0.15, -0.1) is 12.3 Å². The third-order valence-corrected chi connectivity index (χ3v) is 3.96. The first-order chi connectivity index (χ1) is 8.44. The van der Waals surface area contributed by atoms with Crippen LogP contribution in [-0.4, -0.2) is 6.04 Å². The summed E-state index contributed by atoms with van der Waals surface area (Å²) in [6, 6.07) is 6.86. The van der Waals surface area contributed by atoms with E-state index in [0.717, 1.165) is 17.9 Å². The van der Waals surface area contributed by atoms with Gasteiger partial charge in [-0.05, 0) is 42.0 Å². The fraction of sp³-hybridized carbons (Fsp3) is 0.500. The number of benzene rings is 1. The topological polar surface area (TPSA) is 12.0 Å². The summed E-state index contributed by atoms with van der Waals surface area (Å²) in [5.74, 6) is 2.72. The Hall–Kier alpha value is -0.970. The molecule has 1 aliphatic carbocycles. The molecule has 0 heterocycles. The Labute approximate surface area is 115 Å². The van der Waals surface area contributed by atoms with Gasteiger partial charge in [0.05, 0.1) is 0 Å². The number of fused-ring (bicyclic) bond motifs is 1. The Balaban J connectivity index is 2.29. The van der Waals surface area contributed by atoms with E-state index in [2.05, 4.69) is 44.1 Å². The van der Waals surface area contributed by atoms with E-state index in [1.54, 1.807) is 0 Å². The predicted octanol–water partition coefficient (Wildman–Crippen LogP) is 3.96. The molecule has 1 aliphatic rings. The van der Waals surface area contributed by atoms with E-state index in [1.807, 2.05) is 6.07 Å². The highest BCUT2D eigenvalue weighted by atomic mass is 35.5. The van der Waals surface area contributed by atoms with Crippen molar-refractivity contribution < 1.29 is 0 Å². The molecule has 0 fully saturated rings. The lowest BCUT2D eigenvalue weighted by Gasteiger charge is -2.31. The molecular weight excluding hydrogens is 242 g/mol. The van der Waals surface area contributed by atoms with Crippen LogP contribution in [-0.2, 0) is 6.42 Å². The Morgan fingerprint density at radius 2 is 2.28 bits per heavy atom. The largest absolute Gasteiger partial charge is 0.306 e. The van der Waals surface area contributed by atoms with Crippen LogP contribution in [0.1, 0.15) is 44.4 Å². The molecule has 1 aromatic carbocycles. The maximum absolute atomic E-state index is 6.12. The first-order valence-electron chi connectivity index (χ1n) is 6.42. The first kappa shape index (κ1) is 13.5. The Morgan fingerprint density at radius 1 is 1.56 bits per heavy atom. The van der Waals surface area contributed by atoms with Crippen LogP contribution in [0, 0.1) is 17.8 Å². The molecule has 1 aromatic rings. The van der Waals surface area contributed by atoms with E-state index in [1.165, 1.54) is 11.1 Å². The molecule has 0 aliphatic heterocycles. The average Bonchev–Trinajstić information content (AvgIpc) is 2.51. The molecule has 18 heavy (non-hydrogen) atoms. The number of hydrogen-bond acceptors (Lipinski definition) is 1. The molecule has 1 N–H and O–H groups in total. The van der Waals surface area contributed by atoms with E-state index >= 15 is 0 Å². The molecule has 2 atom stereocenters. The van der Waals surface area contributed by atoms with Crippen molar-refractivity contribution in [2.45, 2.75) is 45.7 Å². The van der Waals surface area contributed by atoms with Gasteiger partial charge in [0.15, 0.2) is 0 Å². The Morgan fingerprint density at radius 3 is 2.94 bits per heavy atom. The van der Waals surface area contributed by atoms with E-state index < -0.39 is 0 Å². The zero-order valence-corrected chi connectivity index (χ0v) is 12.0. The second kappa shape index (κ2) is 4.96. The molecular formula is C16H20ClN. The summed E-state index contributed by atoms with van der Waals surface area (Å²) in [5.41, 5.74) is 2.93. The molecule has 2 rings (SSSR count). The molecule has 0 saturated carbocycles. The quantitative estimate of drug-likeness (QED) is 0.812. The van der Waals surface area contributed by atoms with Crippen LogP contribution in [0.4, 0.5) is 0 Å².